The smallest absolute Gasteiger partial charge is 0.335 e. The van der Waals surface area contributed by atoms with Crippen LogP contribution < -0.4 is 14.8 Å². The van der Waals surface area contributed by atoms with Gasteiger partial charge < -0.3 is 19.9 Å². The van der Waals surface area contributed by atoms with Gasteiger partial charge in [0.2, 0.25) is 0 Å². The number of benzene rings is 2. The third kappa shape index (κ3) is 3.96. The Hall–Kier alpha value is -2.21. The van der Waals surface area contributed by atoms with Crippen LogP contribution in [0.25, 0.3) is 0 Å². The maximum atomic E-state index is 11.0. The number of methoxy groups -OCH3 is 2. The molecular formula is C17H18BrNO4. The summed E-state index contributed by atoms with van der Waals surface area (Å²) in [6.45, 7) is 2.44. The number of hydrogen-bond donors (Lipinski definition) is 2. The van der Waals surface area contributed by atoms with Crippen molar-refractivity contribution >= 4 is 27.6 Å². The molecule has 23 heavy (non-hydrogen) atoms. The normalized spacial score (nSPS) is 10.3. The zero-order valence-corrected chi connectivity index (χ0v) is 14.7. The summed E-state index contributed by atoms with van der Waals surface area (Å²) in [6, 6.07) is 8.76. The highest BCUT2D eigenvalue weighted by atomic mass is 79.9. The summed E-state index contributed by atoms with van der Waals surface area (Å²) in [5.74, 6) is 0.387. The predicted octanol–water partition coefficient (Wildman–Crippen LogP) is 4.09. The molecule has 0 amide bonds. The molecule has 0 unspecified atom stereocenters. The molecule has 0 saturated heterocycles. The van der Waals surface area contributed by atoms with Crippen LogP contribution in [0.5, 0.6) is 11.5 Å². The Morgan fingerprint density at radius 3 is 2.39 bits per heavy atom. The SMILES string of the molecule is COc1cc(Br)c(CNc2ccc(C(=O)O)cc2C)cc1OC. The predicted molar refractivity (Wildman–Crippen MR) is 92.7 cm³/mol. The minimum Gasteiger partial charge on any atom is -0.493 e. The molecule has 2 aromatic carbocycles. The summed E-state index contributed by atoms with van der Waals surface area (Å²) < 4.78 is 11.5. The molecule has 0 fully saturated rings. The Labute approximate surface area is 143 Å². The molecule has 0 bridgehead atoms. The molecule has 0 atom stereocenters. The molecule has 2 N–H and O–H groups in total. The fourth-order valence-electron chi connectivity index (χ4n) is 2.22. The maximum absolute atomic E-state index is 11.0. The summed E-state index contributed by atoms with van der Waals surface area (Å²) in [7, 11) is 3.19. The van der Waals surface area contributed by atoms with Gasteiger partial charge in [0.1, 0.15) is 0 Å². The third-order valence-corrected chi connectivity index (χ3v) is 4.23. The van der Waals surface area contributed by atoms with Crippen LogP contribution in [-0.2, 0) is 6.54 Å². The first-order chi connectivity index (χ1) is 11.0. The summed E-state index contributed by atoms with van der Waals surface area (Å²) in [5, 5.41) is 12.3. The average molecular weight is 380 g/mol. The van der Waals surface area contributed by atoms with Crippen molar-refractivity contribution in [2.75, 3.05) is 19.5 Å². The zero-order valence-electron chi connectivity index (χ0n) is 13.1. The van der Waals surface area contributed by atoms with Crippen molar-refractivity contribution in [1.82, 2.24) is 0 Å². The van der Waals surface area contributed by atoms with E-state index in [1.807, 2.05) is 19.1 Å². The Morgan fingerprint density at radius 2 is 1.83 bits per heavy atom. The van der Waals surface area contributed by atoms with Gasteiger partial charge in [0.05, 0.1) is 19.8 Å². The van der Waals surface area contributed by atoms with Crippen molar-refractivity contribution in [3.8, 4) is 11.5 Å². The van der Waals surface area contributed by atoms with Crippen LogP contribution in [0.1, 0.15) is 21.5 Å². The second-order valence-electron chi connectivity index (χ2n) is 4.99. The van der Waals surface area contributed by atoms with Crippen LogP contribution in [-0.4, -0.2) is 25.3 Å². The number of anilines is 1. The van der Waals surface area contributed by atoms with E-state index in [0.717, 1.165) is 21.3 Å². The van der Waals surface area contributed by atoms with Gasteiger partial charge in [0.15, 0.2) is 11.5 Å². The fraction of sp³-hybridized carbons (Fsp3) is 0.235. The van der Waals surface area contributed by atoms with E-state index in [-0.39, 0.29) is 5.56 Å². The lowest BCUT2D eigenvalue weighted by molar-refractivity contribution is 0.0697. The van der Waals surface area contributed by atoms with Crippen molar-refractivity contribution in [2.24, 2.45) is 0 Å². The molecule has 0 aliphatic heterocycles. The highest BCUT2D eigenvalue weighted by molar-refractivity contribution is 9.10. The summed E-state index contributed by atoms with van der Waals surface area (Å²) >= 11 is 3.52. The van der Waals surface area contributed by atoms with Crippen molar-refractivity contribution in [2.45, 2.75) is 13.5 Å². The van der Waals surface area contributed by atoms with Gasteiger partial charge in [0, 0.05) is 16.7 Å². The van der Waals surface area contributed by atoms with Gasteiger partial charge >= 0.3 is 5.97 Å². The number of ether oxygens (including phenoxy) is 2. The number of hydrogen-bond acceptors (Lipinski definition) is 4. The van der Waals surface area contributed by atoms with Crippen LogP contribution in [0, 0.1) is 6.92 Å². The first-order valence-electron chi connectivity index (χ1n) is 6.94. The molecule has 5 nitrogen and oxygen atoms in total. The number of nitrogens with one attached hydrogen (secondary N) is 1. The van der Waals surface area contributed by atoms with Gasteiger partial charge in [-0.2, -0.15) is 0 Å². The summed E-state index contributed by atoms with van der Waals surface area (Å²) in [4.78, 5) is 11.0. The van der Waals surface area contributed by atoms with Gasteiger partial charge in [-0.05, 0) is 48.4 Å². The van der Waals surface area contributed by atoms with E-state index < -0.39 is 5.97 Å². The zero-order chi connectivity index (χ0) is 17.0. The number of halogens is 1. The van der Waals surface area contributed by atoms with E-state index in [1.165, 1.54) is 0 Å². The van der Waals surface area contributed by atoms with Gasteiger partial charge in [-0.15, -0.1) is 0 Å². The quantitative estimate of drug-likeness (QED) is 0.790. The van der Waals surface area contributed by atoms with E-state index in [9.17, 15) is 4.79 Å². The molecule has 6 heteroatoms. The Balaban J connectivity index is 2.19. The van der Waals surface area contributed by atoms with Gasteiger partial charge in [-0.25, -0.2) is 4.79 Å². The Bertz CT molecular complexity index is 731. The molecule has 122 valence electrons. The monoisotopic (exact) mass is 379 g/mol. The first-order valence-corrected chi connectivity index (χ1v) is 7.73. The number of carboxylic acid groups (broad SMARTS) is 1. The van der Waals surface area contributed by atoms with Gasteiger partial charge in [0.25, 0.3) is 0 Å². The maximum Gasteiger partial charge on any atom is 0.335 e. The van der Waals surface area contributed by atoms with Gasteiger partial charge in [-0.3, -0.25) is 0 Å². The number of aromatic carboxylic acids is 1. The molecule has 2 aromatic rings. The molecule has 0 aromatic heterocycles. The summed E-state index contributed by atoms with van der Waals surface area (Å²) in [5.41, 5.74) is 3.04. The molecular weight excluding hydrogens is 362 g/mol. The fourth-order valence-corrected chi connectivity index (χ4v) is 2.68. The second-order valence-corrected chi connectivity index (χ2v) is 5.84. The van der Waals surface area contributed by atoms with Crippen LogP contribution in [0.15, 0.2) is 34.8 Å². The highest BCUT2D eigenvalue weighted by Crippen LogP contribution is 2.33. The summed E-state index contributed by atoms with van der Waals surface area (Å²) in [6.07, 6.45) is 0. The topological polar surface area (TPSA) is 67.8 Å². The minimum absolute atomic E-state index is 0.278. The van der Waals surface area contributed by atoms with Crippen molar-refractivity contribution in [3.05, 3.63) is 51.5 Å². The highest BCUT2D eigenvalue weighted by Gasteiger charge is 2.10. The Kier molecular flexibility index (Phi) is 5.50. The first kappa shape index (κ1) is 17.1. The van der Waals surface area contributed by atoms with E-state index in [1.54, 1.807) is 32.4 Å². The van der Waals surface area contributed by atoms with Gasteiger partial charge in [-0.1, -0.05) is 15.9 Å². The number of aryl methyl sites for hydroxylation is 1. The van der Waals surface area contributed by atoms with E-state index in [4.69, 9.17) is 14.6 Å². The lowest BCUT2D eigenvalue weighted by Crippen LogP contribution is -2.04. The van der Waals surface area contributed by atoms with Crippen LogP contribution in [0.3, 0.4) is 0 Å². The minimum atomic E-state index is -0.928. The van der Waals surface area contributed by atoms with E-state index in [0.29, 0.717) is 18.0 Å². The molecule has 0 saturated carbocycles. The molecule has 0 aliphatic rings. The second kappa shape index (κ2) is 7.37. The number of carboxylic acids is 1. The number of rotatable bonds is 6. The molecule has 0 radical (unpaired) electrons. The van der Waals surface area contributed by atoms with Crippen molar-refractivity contribution < 1.29 is 19.4 Å². The average Bonchev–Trinajstić information content (AvgIpc) is 2.54. The van der Waals surface area contributed by atoms with E-state index >= 15 is 0 Å². The molecule has 0 aliphatic carbocycles. The Morgan fingerprint density at radius 1 is 1.17 bits per heavy atom. The lowest BCUT2D eigenvalue weighted by atomic mass is 10.1. The van der Waals surface area contributed by atoms with Crippen molar-refractivity contribution in [1.29, 1.82) is 0 Å². The largest absolute Gasteiger partial charge is 0.493 e. The van der Waals surface area contributed by atoms with Crippen LogP contribution in [0.4, 0.5) is 5.69 Å². The molecule has 2 rings (SSSR count). The van der Waals surface area contributed by atoms with Crippen LogP contribution in [0.2, 0.25) is 0 Å². The van der Waals surface area contributed by atoms with Crippen LogP contribution >= 0.6 is 15.9 Å². The number of carbonyl (C=O) groups is 1. The standard InChI is InChI=1S/C17H18BrNO4/c1-10-6-11(17(20)21)4-5-14(10)19-9-12-7-15(22-2)16(23-3)8-13(12)18/h4-8,19H,9H2,1-3H3,(H,20,21). The third-order valence-electron chi connectivity index (χ3n) is 3.50. The molecule has 0 spiro atoms. The van der Waals surface area contributed by atoms with E-state index in [2.05, 4.69) is 21.2 Å². The van der Waals surface area contributed by atoms with Crippen molar-refractivity contribution in [3.63, 3.8) is 0 Å². The lowest BCUT2D eigenvalue weighted by Gasteiger charge is -2.14. The molecule has 0 heterocycles.